The van der Waals surface area contributed by atoms with E-state index in [-0.39, 0.29) is 12.2 Å². The van der Waals surface area contributed by atoms with Gasteiger partial charge in [-0.15, -0.1) is 0 Å². The number of quaternary nitrogens is 1. The highest BCUT2D eigenvalue weighted by Gasteiger charge is 2.32. The van der Waals surface area contributed by atoms with Crippen molar-refractivity contribution in [2.75, 3.05) is 5.32 Å². The van der Waals surface area contributed by atoms with Crippen LogP contribution in [0.1, 0.15) is 11.3 Å². The fourth-order valence-electron chi connectivity index (χ4n) is 2.80. The van der Waals surface area contributed by atoms with Crippen molar-refractivity contribution in [3.63, 3.8) is 0 Å². The van der Waals surface area contributed by atoms with Gasteiger partial charge in [-0.05, 0) is 29.8 Å². The minimum atomic E-state index is -4.48. The molecule has 150 valence electrons. The number of nitrogens with two attached hydrogens (primary N) is 1. The quantitative estimate of drug-likeness (QED) is 0.452. The molecule has 6 nitrogen and oxygen atoms in total. The topological polar surface area (TPSA) is 101 Å². The van der Waals surface area contributed by atoms with Crippen molar-refractivity contribution in [3.8, 4) is 0 Å². The number of pyridine rings is 1. The maximum absolute atomic E-state index is 12.7. The number of carbonyl (C=O) groups excluding carboxylic acids is 1. The molecule has 3 aromatic rings. The first-order chi connectivity index (χ1) is 13.8. The van der Waals surface area contributed by atoms with Crippen LogP contribution in [-0.4, -0.2) is 15.5 Å². The summed E-state index contributed by atoms with van der Waals surface area (Å²) in [7, 11) is 0. The van der Waals surface area contributed by atoms with E-state index in [1.807, 2.05) is 28.8 Å². The number of hydrogen-bond donors (Lipinski definition) is 3. The molecule has 0 atom stereocenters. The molecule has 0 saturated heterocycles. The minimum Gasteiger partial charge on any atom is -0.394 e. The Balaban J connectivity index is 1.89. The van der Waals surface area contributed by atoms with Crippen molar-refractivity contribution in [1.29, 1.82) is 0 Å². The molecule has 0 aliphatic carbocycles. The Bertz CT molecular complexity index is 1080. The van der Waals surface area contributed by atoms with E-state index in [0.717, 1.165) is 17.0 Å². The number of nitrogens with one attached hydrogen (secondary N) is 1. The highest BCUT2D eigenvalue weighted by molar-refractivity contribution is 6.08. The number of hydrogen-bond acceptors (Lipinski definition) is 3. The second kappa shape index (κ2) is 8.19. The molecule has 1 aromatic carbocycles. The fraction of sp³-hybridized carbons (Fsp3) is 0.100. The number of anilines is 1. The number of allylic oxidation sites excluding steroid dienone is 2. The maximum Gasteiger partial charge on any atom is 0.433 e. The van der Waals surface area contributed by atoms with E-state index in [4.69, 9.17) is 5.73 Å². The van der Waals surface area contributed by atoms with E-state index >= 15 is 0 Å². The van der Waals surface area contributed by atoms with Gasteiger partial charge in [0.2, 0.25) is 0 Å². The first-order valence-electron chi connectivity index (χ1n) is 8.62. The Kier molecular flexibility index (Phi) is 5.69. The smallest absolute Gasteiger partial charge is 0.394 e. The zero-order chi connectivity index (χ0) is 21.0. The molecule has 2 aromatic heterocycles. The molecule has 9 heteroatoms. The summed E-state index contributed by atoms with van der Waals surface area (Å²) in [5.74, 6) is -0.470. The van der Waals surface area contributed by atoms with Crippen LogP contribution < -0.4 is 16.8 Å². The van der Waals surface area contributed by atoms with Crippen LogP contribution in [0.25, 0.3) is 10.9 Å². The number of alkyl halides is 3. The molecule has 0 bridgehead atoms. The van der Waals surface area contributed by atoms with Crippen molar-refractivity contribution < 1.29 is 23.7 Å². The van der Waals surface area contributed by atoms with Crippen LogP contribution in [0.5, 0.6) is 0 Å². The number of carbonyl (C=O) groups is 1. The molecule has 0 spiro atoms. The molecule has 0 radical (unpaired) electrons. The summed E-state index contributed by atoms with van der Waals surface area (Å²) in [6.45, 7) is 0.289. The summed E-state index contributed by atoms with van der Waals surface area (Å²) in [4.78, 5) is 15.8. The number of benzene rings is 1. The normalized spacial score (nSPS) is 12.6. The standard InChI is InChI=1S/C20H18F3N5O/c21-20(22,23)18-8-7-13(10-26-18)11-28-12-16(14-4-1-2-6-17(14)28)27-19(29)15(25)5-3-9-24/h1-10,12H,11,24-25H2,(H,27,29)/p+1/b9-3-,15-5-. The third-order valence-electron chi connectivity index (χ3n) is 4.18. The number of amides is 1. The third-order valence-corrected chi connectivity index (χ3v) is 4.18. The van der Waals surface area contributed by atoms with E-state index in [9.17, 15) is 18.0 Å². The number of para-hydroxylation sites is 1. The highest BCUT2D eigenvalue weighted by Crippen LogP contribution is 2.29. The van der Waals surface area contributed by atoms with Gasteiger partial charge in [-0.1, -0.05) is 24.3 Å². The zero-order valence-corrected chi connectivity index (χ0v) is 15.3. The minimum absolute atomic E-state index is 0.0219. The summed E-state index contributed by atoms with van der Waals surface area (Å²) in [5.41, 5.74) is 10.3. The first kappa shape index (κ1) is 20.2. The number of fused-ring (bicyclic) bond motifs is 1. The number of nitrogens with zero attached hydrogens (tertiary/aromatic N) is 2. The number of aromatic nitrogens is 2. The van der Waals surface area contributed by atoms with Crippen LogP contribution in [0.3, 0.4) is 0 Å². The molecule has 2 heterocycles. The molecular weight excluding hydrogens is 383 g/mol. The van der Waals surface area contributed by atoms with Gasteiger partial charge in [0.15, 0.2) is 0 Å². The van der Waals surface area contributed by atoms with Crippen molar-refractivity contribution in [2.45, 2.75) is 12.7 Å². The molecule has 29 heavy (non-hydrogen) atoms. The van der Waals surface area contributed by atoms with Gasteiger partial charge in [-0.25, -0.2) is 0 Å². The Hall–Kier alpha value is -3.59. The van der Waals surface area contributed by atoms with E-state index in [1.165, 1.54) is 24.5 Å². The van der Waals surface area contributed by atoms with Gasteiger partial charge in [-0.2, -0.15) is 13.2 Å². The van der Waals surface area contributed by atoms with Crippen LogP contribution in [0, 0.1) is 0 Å². The van der Waals surface area contributed by atoms with E-state index in [1.54, 1.807) is 12.3 Å². The van der Waals surface area contributed by atoms with Gasteiger partial charge in [0.1, 0.15) is 5.69 Å². The Morgan fingerprint density at radius 3 is 2.66 bits per heavy atom. The Morgan fingerprint density at radius 1 is 1.24 bits per heavy atom. The molecular formula is C20H19F3N5O+. The average Bonchev–Trinajstić information content (AvgIpc) is 3.03. The van der Waals surface area contributed by atoms with Gasteiger partial charge in [0.25, 0.3) is 5.91 Å². The van der Waals surface area contributed by atoms with Crippen molar-refractivity contribution in [3.05, 3.63) is 84.1 Å². The lowest BCUT2D eigenvalue weighted by Crippen LogP contribution is -2.39. The molecule has 0 saturated carbocycles. The summed E-state index contributed by atoms with van der Waals surface area (Å²) >= 11 is 0. The number of halogens is 3. The molecule has 0 fully saturated rings. The highest BCUT2D eigenvalue weighted by atomic mass is 19.4. The lowest BCUT2D eigenvalue weighted by molar-refractivity contribution is -0.274. The van der Waals surface area contributed by atoms with Crippen LogP contribution in [0.2, 0.25) is 0 Å². The van der Waals surface area contributed by atoms with Gasteiger partial charge in [0.05, 0.1) is 23.1 Å². The third kappa shape index (κ3) is 4.64. The van der Waals surface area contributed by atoms with Gasteiger partial charge < -0.3 is 21.4 Å². The predicted octanol–water partition coefficient (Wildman–Crippen LogP) is 2.64. The molecule has 6 N–H and O–H groups in total. The Labute approximate surface area is 164 Å². The average molecular weight is 402 g/mol. The van der Waals surface area contributed by atoms with Gasteiger partial charge >= 0.3 is 6.18 Å². The SMILES string of the molecule is N/C(=C\C=C/[NH3+])C(=O)Nc1cn(Cc2ccc(C(F)(F)F)nc2)c2ccccc12. The maximum atomic E-state index is 12.7. The lowest BCUT2D eigenvalue weighted by Gasteiger charge is -2.08. The molecule has 0 unspecified atom stereocenters. The molecule has 0 aliphatic heterocycles. The predicted molar refractivity (Wildman–Crippen MR) is 103 cm³/mol. The van der Waals surface area contributed by atoms with Gasteiger partial charge in [0, 0.05) is 24.3 Å². The lowest BCUT2D eigenvalue weighted by atomic mass is 10.2. The van der Waals surface area contributed by atoms with Crippen molar-refractivity contribution >= 4 is 22.5 Å². The second-order valence-electron chi connectivity index (χ2n) is 6.24. The van der Waals surface area contributed by atoms with Gasteiger partial charge in [-0.3, -0.25) is 9.78 Å². The Morgan fingerprint density at radius 2 is 2.00 bits per heavy atom. The number of rotatable bonds is 5. The van der Waals surface area contributed by atoms with Crippen LogP contribution >= 0.6 is 0 Å². The summed E-state index contributed by atoms with van der Waals surface area (Å²) in [6, 6.07) is 9.69. The summed E-state index contributed by atoms with van der Waals surface area (Å²) < 4.78 is 39.9. The van der Waals surface area contributed by atoms with E-state index in [0.29, 0.717) is 11.3 Å². The monoisotopic (exact) mass is 402 g/mol. The van der Waals surface area contributed by atoms with Crippen molar-refractivity contribution in [1.82, 2.24) is 9.55 Å². The first-order valence-corrected chi connectivity index (χ1v) is 8.62. The second-order valence-corrected chi connectivity index (χ2v) is 6.24. The largest absolute Gasteiger partial charge is 0.433 e. The van der Waals surface area contributed by atoms with E-state index in [2.05, 4.69) is 16.0 Å². The van der Waals surface area contributed by atoms with Crippen LogP contribution in [-0.2, 0) is 17.5 Å². The van der Waals surface area contributed by atoms with Crippen molar-refractivity contribution in [2.24, 2.45) is 5.73 Å². The molecule has 1 amide bonds. The zero-order valence-electron chi connectivity index (χ0n) is 15.3. The molecule has 0 aliphatic rings. The fourth-order valence-corrected chi connectivity index (χ4v) is 2.80. The van der Waals surface area contributed by atoms with E-state index < -0.39 is 17.8 Å². The summed E-state index contributed by atoms with van der Waals surface area (Å²) in [5, 5.41) is 3.54. The van der Waals surface area contributed by atoms with Crippen LogP contribution in [0.4, 0.5) is 18.9 Å². The van der Waals surface area contributed by atoms with Crippen LogP contribution in [0.15, 0.2) is 72.8 Å². The summed E-state index contributed by atoms with van der Waals surface area (Å²) in [6.07, 6.45) is 2.92. The molecule has 3 rings (SSSR count).